The first-order chi connectivity index (χ1) is 8.09. The summed E-state index contributed by atoms with van der Waals surface area (Å²) in [5.74, 6) is -0.611. The molecular formula is C12H13ClN2O2. The van der Waals surface area contributed by atoms with Gasteiger partial charge in [0.1, 0.15) is 0 Å². The van der Waals surface area contributed by atoms with Crippen LogP contribution in [0.4, 0.5) is 0 Å². The predicted molar refractivity (Wildman–Crippen MR) is 66.1 cm³/mol. The summed E-state index contributed by atoms with van der Waals surface area (Å²) in [5.41, 5.74) is 1.07. The van der Waals surface area contributed by atoms with Crippen molar-refractivity contribution < 1.29 is 9.90 Å². The van der Waals surface area contributed by atoms with Gasteiger partial charge in [0.2, 0.25) is 0 Å². The van der Waals surface area contributed by atoms with Crippen molar-refractivity contribution in [1.82, 2.24) is 9.78 Å². The van der Waals surface area contributed by atoms with E-state index in [2.05, 4.69) is 5.10 Å². The van der Waals surface area contributed by atoms with Crippen LogP contribution in [-0.2, 0) is 11.8 Å². The Balaban J connectivity index is 0.000000153. The van der Waals surface area contributed by atoms with Crippen molar-refractivity contribution in [3.63, 3.8) is 0 Å². The van der Waals surface area contributed by atoms with Crippen LogP contribution in [0.5, 0.6) is 0 Å². The summed E-state index contributed by atoms with van der Waals surface area (Å²) in [6.07, 6.45) is 1.80. The van der Waals surface area contributed by atoms with Gasteiger partial charge in [-0.1, -0.05) is 23.7 Å². The summed E-state index contributed by atoms with van der Waals surface area (Å²) in [5, 5.41) is 13.7. The van der Waals surface area contributed by atoms with Crippen molar-refractivity contribution in [2.45, 2.75) is 12.8 Å². The van der Waals surface area contributed by atoms with Crippen LogP contribution in [0.2, 0.25) is 5.15 Å². The van der Waals surface area contributed by atoms with Crippen LogP contribution in [0, 0.1) is 5.92 Å². The van der Waals surface area contributed by atoms with Gasteiger partial charge in [0.15, 0.2) is 5.15 Å². The highest BCUT2D eigenvalue weighted by Crippen LogP contribution is 2.28. The average Bonchev–Trinajstić information content (AvgIpc) is 3.10. The van der Waals surface area contributed by atoms with Crippen LogP contribution in [0.15, 0.2) is 24.3 Å². The number of carboxylic acids is 1. The Hall–Kier alpha value is -1.55. The Morgan fingerprint density at radius 3 is 2.59 bits per heavy atom. The molecule has 5 heteroatoms. The van der Waals surface area contributed by atoms with Gasteiger partial charge in [-0.3, -0.25) is 9.48 Å². The van der Waals surface area contributed by atoms with Crippen molar-refractivity contribution in [3.05, 3.63) is 29.4 Å². The Morgan fingerprint density at radius 2 is 2.12 bits per heavy atom. The van der Waals surface area contributed by atoms with Crippen molar-refractivity contribution in [2.24, 2.45) is 13.0 Å². The lowest BCUT2D eigenvalue weighted by Gasteiger charge is -1.89. The van der Waals surface area contributed by atoms with Crippen molar-refractivity contribution in [3.8, 4) is 0 Å². The number of aryl methyl sites for hydroxylation is 1. The number of carboxylic acid groups (broad SMARTS) is 1. The molecule has 1 aromatic heterocycles. The quantitative estimate of drug-likeness (QED) is 0.849. The van der Waals surface area contributed by atoms with Gasteiger partial charge in [0.05, 0.1) is 11.4 Å². The zero-order valence-electron chi connectivity index (χ0n) is 9.43. The van der Waals surface area contributed by atoms with Crippen LogP contribution in [-0.4, -0.2) is 20.9 Å². The van der Waals surface area contributed by atoms with Crippen molar-refractivity contribution >= 4 is 28.5 Å². The van der Waals surface area contributed by atoms with Gasteiger partial charge in [-0.05, 0) is 25.0 Å². The van der Waals surface area contributed by atoms with E-state index < -0.39 is 5.97 Å². The molecular weight excluding hydrogens is 240 g/mol. The predicted octanol–water partition coefficient (Wildman–Crippen LogP) is 2.71. The number of fused-ring (bicyclic) bond motifs is 1. The molecule has 0 saturated heterocycles. The fourth-order valence-electron chi connectivity index (χ4n) is 1.50. The maximum absolute atomic E-state index is 9.76. The second kappa shape index (κ2) is 4.75. The number of benzene rings is 1. The Labute approximate surface area is 104 Å². The first-order valence-corrected chi connectivity index (χ1v) is 5.77. The standard InChI is InChI=1S/C8H7ClN2.C4H6O2/c1-11-7-5-3-2-4-6(7)8(9)10-11;5-4(6)3-1-2-3/h2-5H,1H3;3H,1-2H2,(H,5,6). The van der Waals surface area contributed by atoms with Crippen LogP contribution in [0.25, 0.3) is 10.9 Å². The number of nitrogens with zero attached hydrogens (tertiary/aromatic N) is 2. The first kappa shape index (κ1) is 11.9. The van der Waals surface area contributed by atoms with E-state index in [0.717, 1.165) is 23.7 Å². The third-order valence-electron chi connectivity index (χ3n) is 2.64. The normalized spacial score (nSPS) is 14.2. The molecule has 0 spiro atoms. The van der Waals surface area contributed by atoms with E-state index in [0.29, 0.717) is 5.15 Å². The third-order valence-corrected chi connectivity index (χ3v) is 2.92. The summed E-state index contributed by atoms with van der Waals surface area (Å²) >= 11 is 5.85. The Bertz CT molecular complexity index is 510. The fraction of sp³-hybridized carbons (Fsp3) is 0.333. The molecule has 0 aliphatic heterocycles. The molecule has 1 aliphatic carbocycles. The van der Waals surface area contributed by atoms with Crippen molar-refractivity contribution in [1.29, 1.82) is 0 Å². The highest BCUT2D eigenvalue weighted by atomic mass is 35.5. The highest BCUT2D eigenvalue weighted by Gasteiger charge is 2.28. The van der Waals surface area contributed by atoms with E-state index in [1.54, 1.807) is 4.68 Å². The monoisotopic (exact) mass is 252 g/mol. The fourth-order valence-corrected chi connectivity index (χ4v) is 1.77. The maximum Gasteiger partial charge on any atom is 0.306 e. The molecule has 1 heterocycles. The molecule has 17 heavy (non-hydrogen) atoms. The SMILES string of the molecule is Cn1nc(Cl)c2ccccc21.O=C(O)C1CC1. The van der Waals surface area contributed by atoms with E-state index in [1.165, 1.54) is 0 Å². The van der Waals surface area contributed by atoms with Gasteiger partial charge in [-0.2, -0.15) is 5.10 Å². The molecule has 1 N–H and O–H groups in total. The van der Waals surface area contributed by atoms with Gasteiger partial charge < -0.3 is 5.11 Å². The molecule has 0 radical (unpaired) electrons. The van der Waals surface area contributed by atoms with Gasteiger partial charge in [0, 0.05) is 12.4 Å². The minimum absolute atomic E-state index is 0.0185. The van der Waals surface area contributed by atoms with E-state index >= 15 is 0 Å². The molecule has 0 atom stereocenters. The topological polar surface area (TPSA) is 55.1 Å². The molecule has 0 amide bonds. The molecule has 0 bridgehead atoms. The number of aliphatic carboxylic acids is 1. The summed E-state index contributed by atoms with van der Waals surface area (Å²) in [6.45, 7) is 0. The Kier molecular flexibility index (Phi) is 3.33. The second-order valence-electron chi connectivity index (χ2n) is 4.04. The maximum atomic E-state index is 9.76. The van der Waals surface area contributed by atoms with Crippen LogP contribution < -0.4 is 0 Å². The number of hydrogen-bond donors (Lipinski definition) is 1. The summed E-state index contributed by atoms with van der Waals surface area (Å²) < 4.78 is 1.78. The van der Waals surface area contributed by atoms with Crippen molar-refractivity contribution in [2.75, 3.05) is 0 Å². The largest absolute Gasteiger partial charge is 0.481 e. The number of para-hydroxylation sites is 1. The Morgan fingerprint density at radius 1 is 1.47 bits per heavy atom. The van der Waals surface area contributed by atoms with Crippen LogP contribution in [0.1, 0.15) is 12.8 Å². The van der Waals surface area contributed by atoms with E-state index in [1.807, 2.05) is 31.3 Å². The molecule has 2 aromatic rings. The zero-order valence-corrected chi connectivity index (χ0v) is 10.2. The molecule has 1 aliphatic rings. The summed E-state index contributed by atoms with van der Waals surface area (Å²) in [6, 6.07) is 7.88. The van der Waals surface area contributed by atoms with Crippen LogP contribution in [0.3, 0.4) is 0 Å². The molecule has 4 nitrogen and oxygen atoms in total. The third kappa shape index (κ3) is 2.77. The molecule has 90 valence electrons. The number of aromatic nitrogens is 2. The number of carbonyl (C=O) groups is 1. The van der Waals surface area contributed by atoms with Gasteiger partial charge in [0.25, 0.3) is 0 Å². The number of hydrogen-bond acceptors (Lipinski definition) is 2. The molecule has 0 unspecified atom stereocenters. The minimum atomic E-state index is -0.630. The van der Waals surface area contributed by atoms with Gasteiger partial charge in [-0.15, -0.1) is 0 Å². The molecule has 1 aromatic carbocycles. The smallest absolute Gasteiger partial charge is 0.306 e. The zero-order chi connectivity index (χ0) is 12.4. The average molecular weight is 253 g/mol. The summed E-state index contributed by atoms with van der Waals surface area (Å²) in [7, 11) is 1.88. The summed E-state index contributed by atoms with van der Waals surface area (Å²) in [4.78, 5) is 9.76. The van der Waals surface area contributed by atoms with Gasteiger partial charge in [-0.25, -0.2) is 0 Å². The minimum Gasteiger partial charge on any atom is -0.481 e. The highest BCUT2D eigenvalue weighted by molar-refractivity contribution is 6.34. The second-order valence-corrected chi connectivity index (χ2v) is 4.40. The van der Waals surface area contributed by atoms with E-state index in [9.17, 15) is 4.79 Å². The lowest BCUT2D eigenvalue weighted by molar-refractivity contribution is -0.138. The molecule has 3 rings (SSSR count). The van der Waals surface area contributed by atoms with E-state index in [4.69, 9.17) is 16.7 Å². The van der Waals surface area contributed by atoms with E-state index in [-0.39, 0.29) is 5.92 Å². The number of halogens is 1. The lowest BCUT2D eigenvalue weighted by atomic mass is 10.3. The first-order valence-electron chi connectivity index (χ1n) is 5.39. The van der Waals surface area contributed by atoms with Crippen LogP contribution >= 0.6 is 11.6 Å². The lowest BCUT2D eigenvalue weighted by Crippen LogP contribution is -1.94. The van der Waals surface area contributed by atoms with Gasteiger partial charge >= 0.3 is 5.97 Å². The molecule has 1 saturated carbocycles. The molecule has 1 fully saturated rings. The number of rotatable bonds is 1.